The predicted molar refractivity (Wildman–Crippen MR) is 112 cm³/mol. The highest BCUT2D eigenvalue weighted by Crippen LogP contribution is 2.31. The van der Waals surface area contributed by atoms with Crippen molar-refractivity contribution in [1.29, 1.82) is 0 Å². The molecule has 2 aromatic heterocycles. The van der Waals surface area contributed by atoms with Gasteiger partial charge in [-0.3, -0.25) is 14.9 Å². The van der Waals surface area contributed by atoms with E-state index in [1.165, 1.54) is 6.92 Å². The van der Waals surface area contributed by atoms with E-state index in [-0.39, 0.29) is 17.4 Å². The first-order valence-corrected chi connectivity index (χ1v) is 10.00. The molecule has 1 N–H and O–H groups in total. The van der Waals surface area contributed by atoms with Gasteiger partial charge in [-0.15, -0.1) is 0 Å². The monoisotopic (exact) mass is 430 g/mol. The minimum atomic E-state index is -4.73. The van der Waals surface area contributed by atoms with E-state index in [1.54, 1.807) is 24.3 Å². The summed E-state index contributed by atoms with van der Waals surface area (Å²) in [6.45, 7) is 1.70. The summed E-state index contributed by atoms with van der Waals surface area (Å²) < 4.78 is 42.6. The van der Waals surface area contributed by atoms with Gasteiger partial charge in [0.15, 0.2) is 5.69 Å². The maximum atomic E-state index is 13.7. The normalized spacial score (nSPS) is 12.6. The maximum absolute atomic E-state index is 13.7. The fourth-order valence-electron chi connectivity index (χ4n) is 3.14. The van der Waals surface area contributed by atoms with Gasteiger partial charge < -0.3 is 0 Å². The first-order chi connectivity index (χ1) is 14.3. The lowest BCUT2D eigenvalue weighted by molar-refractivity contribution is -0.141. The molecule has 0 saturated carbocycles. The zero-order chi connectivity index (χ0) is 21.3. The Balaban J connectivity index is 1.73. The van der Waals surface area contributed by atoms with Crippen molar-refractivity contribution in [1.82, 2.24) is 14.8 Å². The molecular weight excluding hydrogens is 413 g/mol. The molecule has 2 aromatic carbocycles. The van der Waals surface area contributed by atoms with Crippen LogP contribution in [0, 0.1) is 0 Å². The lowest BCUT2D eigenvalue weighted by atomic mass is 10.1. The first-order valence-electron chi connectivity index (χ1n) is 9.18. The van der Waals surface area contributed by atoms with Crippen molar-refractivity contribution < 1.29 is 13.2 Å². The smallest absolute Gasteiger partial charge is 0.289 e. The van der Waals surface area contributed by atoms with E-state index in [9.17, 15) is 18.0 Å². The molecule has 154 valence electrons. The average Bonchev–Trinajstić information content (AvgIpc) is 3.29. The topological polar surface area (TPSA) is 63.0 Å². The van der Waals surface area contributed by atoms with Crippen LogP contribution in [0.25, 0.3) is 15.3 Å². The Bertz CT molecular complexity index is 1240. The molecule has 0 spiro atoms. The number of halogens is 3. The number of alkyl halides is 3. The number of para-hydroxylation sites is 1. The Morgan fingerprint density at radius 2 is 1.83 bits per heavy atom. The molecule has 4 aromatic rings. The van der Waals surface area contributed by atoms with E-state index >= 15 is 0 Å². The SMILES string of the molecule is CC(=NCCc1ccccc1)c1c(C(F)(F)F)[nH]n(-c2nc3ccccc3s2)c1=O. The summed E-state index contributed by atoms with van der Waals surface area (Å²) in [7, 11) is 0. The average molecular weight is 430 g/mol. The van der Waals surface area contributed by atoms with Crippen molar-refractivity contribution in [3.8, 4) is 5.13 Å². The van der Waals surface area contributed by atoms with E-state index in [0.717, 1.165) is 26.3 Å². The Labute approximate surface area is 173 Å². The molecule has 0 fully saturated rings. The number of hydrogen-bond acceptors (Lipinski definition) is 4. The molecule has 0 unspecified atom stereocenters. The Hall–Kier alpha value is -3.20. The van der Waals surface area contributed by atoms with Crippen LogP contribution in [0.15, 0.2) is 64.4 Å². The summed E-state index contributed by atoms with van der Waals surface area (Å²) in [5.41, 5.74) is -0.738. The number of H-pyrrole nitrogens is 1. The minimum absolute atomic E-state index is 0.0411. The second-order valence-corrected chi connectivity index (χ2v) is 7.68. The van der Waals surface area contributed by atoms with Crippen LogP contribution in [0.4, 0.5) is 13.2 Å². The number of benzene rings is 2. The molecule has 0 amide bonds. The van der Waals surface area contributed by atoms with E-state index < -0.39 is 23.0 Å². The molecule has 4 rings (SSSR count). The third kappa shape index (κ3) is 3.93. The second-order valence-electron chi connectivity index (χ2n) is 6.67. The zero-order valence-corrected chi connectivity index (χ0v) is 16.7. The number of aliphatic imine (C=N–C) groups is 1. The van der Waals surface area contributed by atoms with E-state index in [1.807, 2.05) is 30.3 Å². The molecule has 0 bridgehead atoms. The highest BCUT2D eigenvalue weighted by molar-refractivity contribution is 7.20. The molecule has 0 aliphatic carbocycles. The largest absolute Gasteiger partial charge is 0.433 e. The van der Waals surface area contributed by atoms with Gasteiger partial charge in [0, 0.05) is 12.3 Å². The van der Waals surface area contributed by atoms with E-state index in [2.05, 4.69) is 15.1 Å². The van der Waals surface area contributed by atoms with Crippen molar-refractivity contribution in [2.24, 2.45) is 4.99 Å². The lowest BCUT2D eigenvalue weighted by Crippen LogP contribution is -2.21. The van der Waals surface area contributed by atoms with E-state index in [4.69, 9.17) is 0 Å². The van der Waals surface area contributed by atoms with Crippen molar-refractivity contribution >= 4 is 27.3 Å². The van der Waals surface area contributed by atoms with Crippen LogP contribution in [0.3, 0.4) is 0 Å². The van der Waals surface area contributed by atoms with Gasteiger partial charge in [0.25, 0.3) is 5.56 Å². The molecule has 0 aliphatic rings. The number of thiazole rings is 1. The fraction of sp³-hybridized carbons (Fsp3) is 0.190. The van der Waals surface area contributed by atoms with Gasteiger partial charge in [-0.1, -0.05) is 53.8 Å². The Morgan fingerprint density at radius 1 is 1.13 bits per heavy atom. The van der Waals surface area contributed by atoms with Crippen molar-refractivity contribution in [3.63, 3.8) is 0 Å². The van der Waals surface area contributed by atoms with Crippen molar-refractivity contribution in [2.75, 3.05) is 6.54 Å². The number of rotatable bonds is 5. The highest BCUT2D eigenvalue weighted by Gasteiger charge is 2.39. The Morgan fingerprint density at radius 3 is 2.53 bits per heavy atom. The number of nitrogens with zero attached hydrogens (tertiary/aromatic N) is 3. The van der Waals surface area contributed by atoms with Crippen LogP contribution >= 0.6 is 11.3 Å². The minimum Gasteiger partial charge on any atom is -0.289 e. The predicted octanol–water partition coefficient (Wildman–Crippen LogP) is 4.85. The third-order valence-electron chi connectivity index (χ3n) is 4.60. The number of aromatic amines is 1. The summed E-state index contributed by atoms with van der Waals surface area (Å²) in [5, 5.41) is 2.35. The molecule has 0 saturated heterocycles. The molecule has 9 heteroatoms. The van der Waals surface area contributed by atoms with Gasteiger partial charge >= 0.3 is 6.18 Å². The molecular formula is C21H17F3N4OS. The van der Waals surface area contributed by atoms with Crippen LogP contribution in [0.5, 0.6) is 0 Å². The Kier molecular flexibility index (Phi) is 5.29. The summed E-state index contributed by atoms with van der Waals surface area (Å²) >= 11 is 1.14. The van der Waals surface area contributed by atoms with Crippen molar-refractivity contribution in [2.45, 2.75) is 19.5 Å². The summed E-state index contributed by atoms with van der Waals surface area (Å²) in [6.07, 6.45) is -4.16. The van der Waals surface area contributed by atoms with Crippen LogP contribution in [-0.4, -0.2) is 27.0 Å². The summed E-state index contributed by atoms with van der Waals surface area (Å²) in [4.78, 5) is 21.4. The van der Waals surface area contributed by atoms with Crippen molar-refractivity contribution in [3.05, 3.63) is 81.8 Å². The molecule has 0 atom stereocenters. The van der Waals surface area contributed by atoms with Gasteiger partial charge in [-0.05, 0) is 31.0 Å². The van der Waals surface area contributed by atoms with Crippen LogP contribution in [0.2, 0.25) is 0 Å². The second kappa shape index (κ2) is 7.91. The van der Waals surface area contributed by atoms with Gasteiger partial charge in [-0.2, -0.15) is 17.9 Å². The third-order valence-corrected chi connectivity index (χ3v) is 5.62. The summed E-state index contributed by atoms with van der Waals surface area (Å²) in [5.74, 6) is 0. The quantitative estimate of drug-likeness (QED) is 0.460. The van der Waals surface area contributed by atoms with Gasteiger partial charge in [0.05, 0.1) is 15.8 Å². The zero-order valence-electron chi connectivity index (χ0n) is 15.9. The van der Waals surface area contributed by atoms with E-state index in [0.29, 0.717) is 11.9 Å². The number of fused-ring (bicyclic) bond motifs is 1. The fourth-order valence-corrected chi connectivity index (χ4v) is 4.07. The number of aromatic nitrogens is 3. The molecule has 30 heavy (non-hydrogen) atoms. The molecule has 0 aliphatic heterocycles. The highest BCUT2D eigenvalue weighted by atomic mass is 32.1. The molecule has 5 nitrogen and oxygen atoms in total. The standard InChI is InChI=1S/C21H17F3N4OS/c1-13(25-12-11-14-7-3-2-4-8-14)17-18(21(22,23)24)27-28(19(17)29)20-26-15-9-5-6-10-16(15)30-20/h2-10,27H,11-12H2,1H3. The summed E-state index contributed by atoms with van der Waals surface area (Å²) in [6, 6.07) is 16.6. The van der Waals surface area contributed by atoms with Crippen LogP contribution in [-0.2, 0) is 12.6 Å². The van der Waals surface area contributed by atoms with Crippen LogP contribution < -0.4 is 5.56 Å². The first kappa shape index (κ1) is 20.1. The van der Waals surface area contributed by atoms with Gasteiger partial charge in [0.2, 0.25) is 5.13 Å². The molecule has 0 radical (unpaired) electrons. The molecule has 2 heterocycles. The maximum Gasteiger partial charge on any atom is 0.433 e. The van der Waals surface area contributed by atoms with Gasteiger partial charge in [0.1, 0.15) is 0 Å². The lowest BCUT2D eigenvalue weighted by Gasteiger charge is -2.06. The van der Waals surface area contributed by atoms with Crippen LogP contribution in [0.1, 0.15) is 23.7 Å². The number of nitrogens with one attached hydrogen (secondary N) is 1. The number of hydrogen-bond donors (Lipinski definition) is 1. The van der Waals surface area contributed by atoms with Gasteiger partial charge in [-0.25, -0.2) is 4.98 Å².